The van der Waals surface area contributed by atoms with Crippen molar-refractivity contribution in [2.45, 2.75) is 17.9 Å². The van der Waals surface area contributed by atoms with Gasteiger partial charge in [0.05, 0.1) is 22.0 Å². The lowest BCUT2D eigenvalue weighted by atomic mass is 10.2. The zero-order valence-electron chi connectivity index (χ0n) is 13.2. The summed E-state index contributed by atoms with van der Waals surface area (Å²) in [6.45, 7) is 1.51. The minimum absolute atomic E-state index is 0.237. The van der Waals surface area contributed by atoms with Gasteiger partial charge in [0.1, 0.15) is 0 Å². The minimum atomic E-state index is -0.954. The van der Waals surface area contributed by atoms with Crippen molar-refractivity contribution in [1.82, 2.24) is 0 Å². The first-order valence-corrected chi connectivity index (χ1v) is 8.72. The van der Waals surface area contributed by atoms with Crippen molar-refractivity contribution in [2.24, 2.45) is 0 Å². The number of carbonyl (C=O) groups is 2. The van der Waals surface area contributed by atoms with Crippen LogP contribution in [-0.2, 0) is 9.53 Å². The maximum absolute atomic E-state index is 12.2. The summed E-state index contributed by atoms with van der Waals surface area (Å²) in [5.41, 5.74) is 6.85. The van der Waals surface area contributed by atoms with Gasteiger partial charge in [-0.25, -0.2) is 4.79 Å². The van der Waals surface area contributed by atoms with Gasteiger partial charge in [0.25, 0.3) is 5.91 Å². The fraction of sp³-hybridized carbons (Fsp3) is 0.176. The molecule has 0 saturated heterocycles. The number of esters is 1. The van der Waals surface area contributed by atoms with Gasteiger partial charge in [-0.15, -0.1) is 11.8 Å². The molecule has 126 valence electrons. The van der Waals surface area contributed by atoms with Gasteiger partial charge in [-0.3, -0.25) is 4.79 Å². The van der Waals surface area contributed by atoms with Crippen molar-refractivity contribution in [3.63, 3.8) is 0 Å². The quantitative estimate of drug-likeness (QED) is 0.478. The third-order valence-corrected chi connectivity index (χ3v) is 4.39. The van der Waals surface area contributed by atoms with E-state index in [-0.39, 0.29) is 11.3 Å². The summed E-state index contributed by atoms with van der Waals surface area (Å²) in [4.78, 5) is 25.2. The molecule has 5 nitrogen and oxygen atoms in total. The molecule has 1 amide bonds. The number of para-hydroxylation sites is 1. The number of thioether (sulfide) groups is 1. The molecular formula is C17H17ClN2O3S. The standard InChI is InChI=1S/C17H17ClN2O3S/c1-10(16(21)20-14-5-3-4-6-15(14)24-2)23-17(22)11-7-8-12(18)13(19)9-11/h3-10H,19H2,1-2H3,(H,20,21)/t10-/m0/s1. The number of hydrogen-bond donors (Lipinski definition) is 2. The van der Waals surface area contributed by atoms with E-state index in [9.17, 15) is 9.59 Å². The summed E-state index contributed by atoms with van der Waals surface area (Å²) in [6, 6.07) is 11.8. The van der Waals surface area contributed by atoms with Crippen LogP contribution < -0.4 is 11.1 Å². The fourth-order valence-electron chi connectivity index (χ4n) is 1.94. The van der Waals surface area contributed by atoms with Gasteiger partial charge < -0.3 is 15.8 Å². The van der Waals surface area contributed by atoms with Crippen LogP contribution in [0.15, 0.2) is 47.4 Å². The maximum atomic E-state index is 12.2. The molecule has 0 aliphatic carbocycles. The van der Waals surface area contributed by atoms with Gasteiger partial charge in [-0.05, 0) is 43.5 Å². The molecule has 0 unspecified atom stereocenters. The predicted molar refractivity (Wildman–Crippen MR) is 97.6 cm³/mol. The number of carbonyl (C=O) groups excluding carboxylic acids is 2. The summed E-state index contributed by atoms with van der Waals surface area (Å²) in [6.07, 6.45) is 0.962. The Kier molecular flexibility index (Phi) is 6.11. The number of hydrogen-bond acceptors (Lipinski definition) is 5. The van der Waals surface area contributed by atoms with Crippen LogP contribution in [0.4, 0.5) is 11.4 Å². The average Bonchev–Trinajstić information content (AvgIpc) is 2.57. The molecular weight excluding hydrogens is 348 g/mol. The average molecular weight is 365 g/mol. The normalized spacial score (nSPS) is 11.6. The van der Waals surface area contributed by atoms with Crippen molar-refractivity contribution in [3.8, 4) is 0 Å². The minimum Gasteiger partial charge on any atom is -0.449 e. The van der Waals surface area contributed by atoms with Gasteiger partial charge in [0.2, 0.25) is 0 Å². The van der Waals surface area contributed by atoms with Crippen LogP contribution in [0.3, 0.4) is 0 Å². The maximum Gasteiger partial charge on any atom is 0.338 e. The van der Waals surface area contributed by atoms with Crippen LogP contribution in [0.1, 0.15) is 17.3 Å². The van der Waals surface area contributed by atoms with E-state index in [0.717, 1.165) is 4.90 Å². The highest BCUT2D eigenvalue weighted by atomic mass is 35.5. The number of nitrogens with one attached hydrogen (secondary N) is 1. The van der Waals surface area contributed by atoms with Crippen molar-refractivity contribution < 1.29 is 14.3 Å². The Balaban J connectivity index is 2.03. The molecule has 3 N–H and O–H groups in total. The van der Waals surface area contributed by atoms with Gasteiger partial charge >= 0.3 is 5.97 Å². The highest BCUT2D eigenvalue weighted by Gasteiger charge is 2.20. The van der Waals surface area contributed by atoms with Crippen LogP contribution in [0.5, 0.6) is 0 Å². The summed E-state index contributed by atoms with van der Waals surface area (Å²) in [5, 5.41) is 3.11. The number of ether oxygens (including phenoxy) is 1. The van der Waals surface area contributed by atoms with Gasteiger partial charge in [-0.1, -0.05) is 23.7 Å². The Labute approximate surface area is 149 Å². The Morgan fingerprint density at radius 2 is 1.96 bits per heavy atom. The number of nitrogens with two attached hydrogens (primary N) is 1. The lowest BCUT2D eigenvalue weighted by molar-refractivity contribution is -0.123. The molecule has 0 fully saturated rings. The molecule has 2 rings (SSSR count). The number of nitrogen functional groups attached to an aromatic ring is 1. The van der Waals surface area contributed by atoms with E-state index in [4.69, 9.17) is 22.1 Å². The molecule has 0 aliphatic heterocycles. The Morgan fingerprint density at radius 1 is 1.25 bits per heavy atom. The largest absolute Gasteiger partial charge is 0.449 e. The topological polar surface area (TPSA) is 81.4 Å². The van der Waals surface area contributed by atoms with Crippen molar-refractivity contribution >= 4 is 46.6 Å². The summed E-state index contributed by atoms with van der Waals surface area (Å²) >= 11 is 7.33. The first kappa shape index (κ1) is 18.2. The van der Waals surface area contributed by atoms with Gasteiger partial charge in [0.15, 0.2) is 6.10 Å². The molecule has 24 heavy (non-hydrogen) atoms. The first-order chi connectivity index (χ1) is 11.4. The molecule has 0 aliphatic rings. The molecule has 0 aromatic heterocycles. The number of rotatable bonds is 5. The smallest absolute Gasteiger partial charge is 0.338 e. The van der Waals surface area contributed by atoms with Gasteiger partial charge in [-0.2, -0.15) is 0 Å². The lowest BCUT2D eigenvalue weighted by Crippen LogP contribution is -2.30. The number of halogens is 1. The third-order valence-electron chi connectivity index (χ3n) is 3.25. The Hall–Kier alpha value is -2.18. The second-order valence-electron chi connectivity index (χ2n) is 4.97. The number of amides is 1. The van der Waals surface area contributed by atoms with Crippen LogP contribution in [-0.4, -0.2) is 24.2 Å². The lowest BCUT2D eigenvalue weighted by Gasteiger charge is -2.15. The molecule has 0 spiro atoms. The molecule has 2 aromatic carbocycles. The summed E-state index contributed by atoms with van der Waals surface area (Å²) < 4.78 is 5.18. The zero-order valence-corrected chi connectivity index (χ0v) is 14.8. The first-order valence-electron chi connectivity index (χ1n) is 7.12. The highest BCUT2D eigenvalue weighted by Crippen LogP contribution is 2.25. The van der Waals surface area contributed by atoms with E-state index in [2.05, 4.69) is 5.32 Å². The molecule has 0 radical (unpaired) electrons. The fourth-order valence-corrected chi connectivity index (χ4v) is 2.61. The summed E-state index contributed by atoms with van der Waals surface area (Å²) in [7, 11) is 0. The Morgan fingerprint density at radius 3 is 2.62 bits per heavy atom. The van der Waals surface area contributed by atoms with E-state index in [0.29, 0.717) is 10.7 Å². The second kappa shape index (κ2) is 8.08. The molecule has 0 saturated carbocycles. The molecule has 7 heteroatoms. The molecule has 1 atom stereocenters. The van der Waals surface area contributed by atoms with E-state index in [1.807, 2.05) is 24.5 Å². The molecule has 2 aromatic rings. The van der Waals surface area contributed by atoms with Crippen molar-refractivity contribution in [1.29, 1.82) is 0 Å². The van der Waals surface area contributed by atoms with Crippen LogP contribution in [0.25, 0.3) is 0 Å². The van der Waals surface area contributed by atoms with Crippen molar-refractivity contribution in [2.75, 3.05) is 17.3 Å². The molecule has 0 bridgehead atoms. The highest BCUT2D eigenvalue weighted by molar-refractivity contribution is 7.98. The van der Waals surface area contributed by atoms with Gasteiger partial charge in [0, 0.05) is 4.90 Å². The van der Waals surface area contributed by atoms with Crippen LogP contribution in [0.2, 0.25) is 5.02 Å². The molecule has 0 heterocycles. The van der Waals surface area contributed by atoms with Crippen LogP contribution in [0, 0.1) is 0 Å². The predicted octanol–water partition coefficient (Wildman–Crippen LogP) is 3.83. The second-order valence-corrected chi connectivity index (χ2v) is 6.23. The Bertz CT molecular complexity index is 767. The van der Waals surface area contributed by atoms with E-state index < -0.39 is 18.0 Å². The number of benzene rings is 2. The summed E-state index contributed by atoms with van der Waals surface area (Å²) in [5.74, 6) is -1.05. The third kappa shape index (κ3) is 4.43. The van der Waals surface area contributed by atoms with Crippen molar-refractivity contribution in [3.05, 3.63) is 53.1 Å². The monoisotopic (exact) mass is 364 g/mol. The zero-order chi connectivity index (χ0) is 17.7. The SMILES string of the molecule is CSc1ccccc1NC(=O)[C@H](C)OC(=O)c1ccc(Cl)c(N)c1. The number of anilines is 2. The van der Waals surface area contributed by atoms with E-state index in [1.165, 1.54) is 36.9 Å². The van der Waals surface area contributed by atoms with E-state index >= 15 is 0 Å². The van der Waals surface area contributed by atoms with Crippen LogP contribution >= 0.6 is 23.4 Å². The van der Waals surface area contributed by atoms with E-state index in [1.54, 1.807) is 6.07 Å².